The summed E-state index contributed by atoms with van der Waals surface area (Å²) in [5.41, 5.74) is -0.235. The molecule has 3 heterocycles. The van der Waals surface area contributed by atoms with E-state index in [0.29, 0.717) is 30.9 Å². The number of nitrogens with zero attached hydrogens (tertiary/aromatic N) is 6. The van der Waals surface area contributed by atoms with E-state index in [4.69, 9.17) is 0 Å². The highest BCUT2D eigenvalue weighted by atomic mass is 32.2. The number of hydrogen-bond donors (Lipinski definition) is 0. The van der Waals surface area contributed by atoms with Crippen molar-refractivity contribution < 1.29 is 13.3 Å². The number of non-ortho nitro benzene ring substituents is 1. The second-order valence-corrected chi connectivity index (χ2v) is 8.86. The van der Waals surface area contributed by atoms with Gasteiger partial charge in [0.1, 0.15) is 11.3 Å². The molecule has 0 aliphatic carbocycles. The average molecular weight is 394 g/mol. The number of piperidine rings is 1. The summed E-state index contributed by atoms with van der Waals surface area (Å²) < 4.78 is 28.5. The minimum absolute atomic E-state index is 0.0519. The molecular formula is C14H14N6O4S2. The number of nitro benzene ring substituents is 1. The molecule has 0 saturated carbocycles. The normalized spacial score (nSPS) is 16.9. The standard InChI is InChI=1S/C14H14N6O4S2/c21-20(22)11-2-1-3-12(8-11)26(23,24)18-6-4-10(5-7-18)13-17-19-9-15-16-14(19)25-13/h1-3,8-10H,4-7H2. The van der Waals surface area contributed by atoms with Gasteiger partial charge in [-0.2, -0.15) is 13.9 Å². The van der Waals surface area contributed by atoms with Crippen molar-refractivity contribution in [1.29, 1.82) is 0 Å². The van der Waals surface area contributed by atoms with Crippen LogP contribution in [0.4, 0.5) is 5.69 Å². The quantitative estimate of drug-likeness (QED) is 0.487. The van der Waals surface area contributed by atoms with Gasteiger partial charge in [0.15, 0.2) is 0 Å². The fraction of sp³-hybridized carbons (Fsp3) is 0.357. The number of sulfonamides is 1. The highest BCUT2D eigenvalue weighted by molar-refractivity contribution is 7.89. The van der Waals surface area contributed by atoms with Crippen LogP contribution in [-0.2, 0) is 10.0 Å². The van der Waals surface area contributed by atoms with Crippen molar-refractivity contribution in [2.45, 2.75) is 23.7 Å². The van der Waals surface area contributed by atoms with Gasteiger partial charge in [-0.3, -0.25) is 10.1 Å². The van der Waals surface area contributed by atoms with Crippen LogP contribution in [0.15, 0.2) is 35.5 Å². The molecule has 0 bridgehead atoms. The van der Waals surface area contributed by atoms with E-state index in [-0.39, 0.29) is 16.5 Å². The summed E-state index contributed by atoms with van der Waals surface area (Å²) >= 11 is 1.46. The molecule has 2 aromatic heterocycles. The van der Waals surface area contributed by atoms with Crippen LogP contribution >= 0.6 is 11.3 Å². The first-order chi connectivity index (χ1) is 12.4. The molecule has 0 amide bonds. The van der Waals surface area contributed by atoms with E-state index in [1.165, 1.54) is 40.2 Å². The van der Waals surface area contributed by atoms with Crippen LogP contribution in [0.1, 0.15) is 23.8 Å². The molecule has 0 N–H and O–H groups in total. The van der Waals surface area contributed by atoms with Crippen LogP contribution in [0.25, 0.3) is 4.96 Å². The van der Waals surface area contributed by atoms with Gasteiger partial charge < -0.3 is 0 Å². The lowest BCUT2D eigenvalue weighted by Crippen LogP contribution is -2.37. The molecule has 0 unspecified atom stereocenters. The SMILES string of the molecule is O=[N+]([O-])c1cccc(S(=O)(=O)N2CCC(c3nn4cnnc4s3)CC2)c1. The monoisotopic (exact) mass is 394 g/mol. The Morgan fingerprint density at radius 3 is 2.73 bits per heavy atom. The summed E-state index contributed by atoms with van der Waals surface area (Å²) in [6.07, 6.45) is 2.81. The molecule has 1 aromatic carbocycles. The molecule has 4 rings (SSSR count). The van der Waals surface area contributed by atoms with E-state index < -0.39 is 14.9 Å². The predicted molar refractivity (Wildman–Crippen MR) is 92.5 cm³/mol. The molecule has 12 heteroatoms. The van der Waals surface area contributed by atoms with Gasteiger partial charge in [0.25, 0.3) is 5.69 Å². The summed E-state index contributed by atoms with van der Waals surface area (Å²) in [7, 11) is -3.75. The summed E-state index contributed by atoms with van der Waals surface area (Å²) in [5.74, 6) is 0.165. The van der Waals surface area contributed by atoms with Crippen LogP contribution in [0.2, 0.25) is 0 Å². The number of benzene rings is 1. The van der Waals surface area contributed by atoms with Crippen molar-refractivity contribution in [2.24, 2.45) is 0 Å². The van der Waals surface area contributed by atoms with Gasteiger partial charge in [0.05, 0.1) is 9.82 Å². The minimum atomic E-state index is -3.75. The first kappa shape index (κ1) is 17.0. The van der Waals surface area contributed by atoms with Gasteiger partial charge in [-0.05, 0) is 18.9 Å². The number of aromatic nitrogens is 4. The number of rotatable bonds is 4. The summed E-state index contributed by atoms with van der Waals surface area (Å²) in [5, 5.41) is 24.0. The maximum absolute atomic E-state index is 12.8. The highest BCUT2D eigenvalue weighted by Gasteiger charge is 2.32. The molecular weight excluding hydrogens is 380 g/mol. The lowest BCUT2D eigenvalue weighted by atomic mass is 9.99. The molecule has 3 aromatic rings. The third-order valence-electron chi connectivity index (χ3n) is 4.37. The largest absolute Gasteiger partial charge is 0.270 e. The lowest BCUT2D eigenvalue weighted by molar-refractivity contribution is -0.385. The van der Waals surface area contributed by atoms with Gasteiger partial charge >= 0.3 is 0 Å². The van der Waals surface area contributed by atoms with Crippen molar-refractivity contribution in [3.63, 3.8) is 0 Å². The molecule has 26 heavy (non-hydrogen) atoms. The Hall–Kier alpha value is -2.44. The van der Waals surface area contributed by atoms with E-state index in [1.807, 2.05) is 0 Å². The van der Waals surface area contributed by atoms with Crippen LogP contribution in [0.3, 0.4) is 0 Å². The molecule has 0 spiro atoms. The summed E-state index contributed by atoms with van der Waals surface area (Å²) in [4.78, 5) is 11.0. The third-order valence-corrected chi connectivity index (χ3v) is 7.34. The predicted octanol–water partition coefficient (Wildman–Crippen LogP) is 1.66. The maximum atomic E-state index is 12.8. The Bertz CT molecular complexity index is 1040. The van der Waals surface area contributed by atoms with Crippen molar-refractivity contribution in [2.75, 3.05) is 13.1 Å². The fourth-order valence-corrected chi connectivity index (χ4v) is 5.49. The van der Waals surface area contributed by atoms with E-state index >= 15 is 0 Å². The van der Waals surface area contributed by atoms with Gasteiger partial charge in [-0.1, -0.05) is 17.4 Å². The van der Waals surface area contributed by atoms with Crippen LogP contribution in [0, 0.1) is 10.1 Å². The highest BCUT2D eigenvalue weighted by Crippen LogP contribution is 2.33. The Morgan fingerprint density at radius 2 is 2.04 bits per heavy atom. The Labute approximate surface area is 152 Å². The molecule has 136 valence electrons. The van der Waals surface area contributed by atoms with Crippen molar-refractivity contribution >= 4 is 32.0 Å². The minimum Gasteiger partial charge on any atom is -0.258 e. The van der Waals surface area contributed by atoms with Crippen molar-refractivity contribution in [3.05, 3.63) is 45.7 Å². The number of hydrogen-bond acceptors (Lipinski definition) is 8. The molecule has 1 aliphatic heterocycles. The summed E-state index contributed by atoms with van der Waals surface area (Å²) in [6, 6.07) is 5.15. The topological polar surface area (TPSA) is 124 Å². The number of nitro groups is 1. The zero-order valence-electron chi connectivity index (χ0n) is 13.4. The Balaban J connectivity index is 1.50. The van der Waals surface area contributed by atoms with Crippen molar-refractivity contribution in [1.82, 2.24) is 24.1 Å². The van der Waals surface area contributed by atoms with E-state index in [1.54, 1.807) is 4.52 Å². The Morgan fingerprint density at radius 1 is 1.27 bits per heavy atom. The molecule has 10 nitrogen and oxygen atoms in total. The van der Waals surface area contributed by atoms with E-state index in [0.717, 1.165) is 11.1 Å². The van der Waals surface area contributed by atoms with Crippen LogP contribution in [-0.4, -0.2) is 50.5 Å². The second kappa shape index (κ2) is 6.37. The Kier molecular flexibility index (Phi) is 4.17. The molecule has 1 saturated heterocycles. The molecule has 0 atom stereocenters. The summed E-state index contributed by atoms with van der Waals surface area (Å²) in [6.45, 7) is 0.686. The van der Waals surface area contributed by atoms with Crippen LogP contribution in [0.5, 0.6) is 0 Å². The smallest absolute Gasteiger partial charge is 0.258 e. The second-order valence-electron chi connectivity index (χ2n) is 5.93. The zero-order valence-corrected chi connectivity index (χ0v) is 15.1. The van der Waals surface area contributed by atoms with E-state index in [9.17, 15) is 18.5 Å². The zero-order chi connectivity index (χ0) is 18.3. The average Bonchev–Trinajstić information content (AvgIpc) is 3.24. The van der Waals surface area contributed by atoms with Gasteiger partial charge in [-0.25, -0.2) is 8.42 Å². The molecule has 0 radical (unpaired) electrons. The first-order valence-electron chi connectivity index (χ1n) is 7.86. The fourth-order valence-electron chi connectivity index (χ4n) is 2.99. The molecule has 1 fully saturated rings. The van der Waals surface area contributed by atoms with Crippen molar-refractivity contribution in [3.8, 4) is 0 Å². The molecule has 1 aliphatic rings. The van der Waals surface area contributed by atoms with Gasteiger partial charge in [-0.15, -0.1) is 10.2 Å². The van der Waals surface area contributed by atoms with E-state index in [2.05, 4.69) is 15.3 Å². The maximum Gasteiger partial charge on any atom is 0.270 e. The third kappa shape index (κ3) is 2.95. The van der Waals surface area contributed by atoms with Gasteiger partial charge in [0, 0.05) is 31.1 Å². The lowest BCUT2D eigenvalue weighted by Gasteiger charge is -2.30. The van der Waals surface area contributed by atoms with Gasteiger partial charge in [0.2, 0.25) is 15.0 Å². The first-order valence-corrected chi connectivity index (χ1v) is 10.1. The van der Waals surface area contributed by atoms with Crippen LogP contribution < -0.4 is 0 Å². The number of fused-ring (bicyclic) bond motifs is 1.